The molecule has 1 heterocycles. The quantitative estimate of drug-likeness (QED) is 0.737. The molecular weight excluding hydrogens is 296 g/mol. The molecule has 0 aliphatic carbocycles. The molecule has 1 amide bonds. The maximum absolute atomic E-state index is 12.5. The van der Waals surface area contributed by atoms with Crippen LogP contribution in [0.25, 0.3) is 0 Å². The molecule has 1 aliphatic rings. The Hall–Kier alpha value is -1.79. The van der Waals surface area contributed by atoms with E-state index in [0.29, 0.717) is 19.7 Å². The van der Waals surface area contributed by atoms with Crippen LogP contribution in [0.5, 0.6) is 11.5 Å². The van der Waals surface area contributed by atoms with Crippen LogP contribution in [0.15, 0.2) is 18.2 Å². The lowest BCUT2D eigenvalue weighted by atomic mass is 10.0. The van der Waals surface area contributed by atoms with E-state index in [1.165, 1.54) is 0 Å². The standard InChI is InChI=1S/C17H26N2O4/c1-21-10-8-18-12-17(20)19-9-4-5-15(19)14-11-13(22-2)6-7-16(14)23-3/h6-7,11,15,18H,4-5,8-10,12H2,1-3H3. The third-order valence-electron chi connectivity index (χ3n) is 4.13. The van der Waals surface area contributed by atoms with Crippen molar-refractivity contribution in [1.82, 2.24) is 10.2 Å². The third-order valence-corrected chi connectivity index (χ3v) is 4.13. The summed E-state index contributed by atoms with van der Waals surface area (Å²) in [6.45, 7) is 2.37. The van der Waals surface area contributed by atoms with Gasteiger partial charge in [0.05, 0.1) is 33.4 Å². The van der Waals surface area contributed by atoms with E-state index < -0.39 is 0 Å². The van der Waals surface area contributed by atoms with Gasteiger partial charge in [0, 0.05) is 25.8 Å². The number of hydrogen-bond donors (Lipinski definition) is 1. The number of methoxy groups -OCH3 is 3. The summed E-state index contributed by atoms with van der Waals surface area (Å²) < 4.78 is 15.8. The molecule has 1 aliphatic heterocycles. The lowest BCUT2D eigenvalue weighted by Gasteiger charge is -2.27. The number of rotatable bonds is 8. The van der Waals surface area contributed by atoms with Crippen molar-refractivity contribution in [3.05, 3.63) is 23.8 Å². The van der Waals surface area contributed by atoms with Crippen molar-refractivity contribution in [3.8, 4) is 11.5 Å². The molecule has 0 aromatic heterocycles. The van der Waals surface area contributed by atoms with Crippen LogP contribution >= 0.6 is 0 Å². The number of carbonyl (C=O) groups is 1. The summed E-state index contributed by atoms with van der Waals surface area (Å²) >= 11 is 0. The maximum atomic E-state index is 12.5. The first-order valence-corrected chi connectivity index (χ1v) is 7.92. The Balaban J connectivity index is 2.10. The summed E-state index contributed by atoms with van der Waals surface area (Å²) in [6, 6.07) is 5.77. The van der Waals surface area contributed by atoms with Crippen molar-refractivity contribution >= 4 is 5.91 Å². The first-order chi connectivity index (χ1) is 11.2. The summed E-state index contributed by atoms with van der Waals surface area (Å²) in [4.78, 5) is 14.4. The molecule has 1 saturated heterocycles. The van der Waals surface area contributed by atoms with Crippen molar-refractivity contribution < 1.29 is 19.0 Å². The molecule has 1 N–H and O–H groups in total. The van der Waals surface area contributed by atoms with Crippen LogP contribution in [0.1, 0.15) is 24.4 Å². The zero-order valence-electron chi connectivity index (χ0n) is 14.1. The number of hydrogen-bond acceptors (Lipinski definition) is 5. The highest BCUT2D eigenvalue weighted by Gasteiger charge is 2.31. The fourth-order valence-corrected chi connectivity index (χ4v) is 2.96. The van der Waals surface area contributed by atoms with Crippen molar-refractivity contribution in [1.29, 1.82) is 0 Å². The van der Waals surface area contributed by atoms with Gasteiger partial charge in [-0.15, -0.1) is 0 Å². The maximum Gasteiger partial charge on any atom is 0.237 e. The van der Waals surface area contributed by atoms with Crippen molar-refractivity contribution in [2.75, 3.05) is 47.6 Å². The molecule has 6 nitrogen and oxygen atoms in total. The highest BCUT2D eigenvalue weighted by molar-refractivity contribution is 5.79. The molecule has 1 unspecified atom stereocenters. The molecule has 0 radical (unpaired) electrons. The van der Waals surface area contributed by atoms with E-state index in [9.17, 15) is 4.79 Å². The Kier molecular flexibility index (Phi) is 6.67. The van der Waals surface area contributed by atoms with Gasteiger partial charge in [0.2, 0.25) is 5.91 Å². The van der Waals surface area contributed by atoms with E-state index in [0.717, 1.165) is 36.4 Å². The smallest absolute Gasteiger partial charge is 0.237 e. The first kappa shape index (κ1) is 17.6. The third kappa shape index (κ3) is 4.36. The minimum atomic E-state index is 0.0387. The van der Waals surface area contributed by atoms with E-state index >= 15 is 0 Å². The zero-order valence-corrected chi connectivity index (χ0v) is 14.1. The number of carbonyl (C=O) groups excluding carboxylic acids is 1. The fourth-order valence-electron chi connectivity index (χ4n) is 2.96. The first-order valence-electron chi connectivity index (χ1n) is 7.92. The zero-order chi connectivity index (χ0) is 16.7. The number of ether oxygens (including phenoxy) is 3. The Morgan fingerprint density at radius 2 is 2.13 bits per heavy atom. The van der Waals surface area contributed by atoms with E-state index in [4.69, 9.17) is 14.2 Å². The van der Waals surface area contributed by atoms with Crippen LogP contribution in [-0.2, 0) is 9.53 Å². The average Bonchev–Trinajstić information content (AvgIpc) is 3.07. The van der Waals surface area contributed by atoms with Crippen LogP contribution in [0.4, 0.5) is 0 Å². The van der Waals surface area contributed by atoms with Gasteiger partial charge in [-0.25, -0.2) is 0 Å². The largest absolute Gasteiger partial charge is 0.497 e. The second kappa shape index (κ2) is 8.74. The van der Waals surface area contributed by atoms with Crippen LogP contribution < -0.4 is 14.8 Å². The van der Waals surface area contributed by atoms with E-state index in [-0.39, 0.29) is 11.9 Å². The monoisotopic (exact) mass is 322 g/mol. The number of amides is 1. The van der Waals surface area contributed by atoms with E-state index in [1.54, 1.807) is 21.3 Å². The Morgan fingerprint density at radius 3 is 2.83 bits per heavy atom. The lowest BCUT2D eigenvalue weighted by Crippen LogP contribution is -2.38. The number of nitrogens with one attached hydrogen (secondary N) is 1. The molecule has 1 fully saturated rings. The van der Waals surface area contributed by atoms with Gasteiger partial charge in [-0.1, -0.05) is 0 Å². The highest BCUT2D eigenvalue weighted by atomic mass is 16.5. The van der Waals surface area contributed by atoms with Gasteiger partial charge in [-0.3, -0.25) is 4.79 Å². The van der Waals surface area contributed by atoms with Gasteiger partial charge in [0.1, 0.15) is 11.5 Å². The second-order valence-electron chi connectivity index (χ2n) is 5.52. The predicted octanol–water partition coefficient (Wildman–Crippen LogP) is 1.60. The Morgan fingerprint density at radius 1 is 1.30 bits per heavy atom. The fraction of sp³-hybridized carbons (Fsp3) is 0.588. The molecule has 6 heteroatoms. The molecule has 128 valence electrons. The molecule has 0 spiro atoms. The molecule has 1 aromatic carbocycles. The summed E-state index contributed by atoms with van der Waals surface area (Å²) in [5, 5.41) is 3.11. The van der Waals surface area contributed by atoms with Crippen molar-refractivity contribution in [2.24, 2.45) is 0 Å². The molecular formula is C17H26N2O4. The number of benzene rings is 1. The molecule has 0 saturated carbocycles. The van der Waals surface area contributed by atoms with Gasteiger partial charge in [-0.2, -0.15) is 0 Å². The molecule has 2 rings (SSSR count). The van der Waals surface area contributed by atoms with Gasteiger partial charge in [-0.05, 0) is 31.0 Å². The molecule has 23 heavy (non-hydrogen) atoms. The summed E-state index contributed by atoms with van der Waals surface area (Å²) in [6.07, 6.45) is 1.93. The van der Waals surface area contributed by atoms with Crippen LogP contribution in [0.3, 0.4) is 0 Å². The Labute approximate surface area is 137 Å². The van der Waals surface area contributed by atoms with Crippen LogP contribution in [0.2, 0.25) is 0 Å². The average molecular weight is 322 g/mol. The highest BCUT2D eigenvalue weighted by Crippen LogP contribution is 2.38. The second-order valence-corrected chi connectivity index (χ2v) is 5.52. The van der Waals surface area contributed by atoms with E-state index in [1.807, 2.05) is 23.1 Å². The summed E-state index contributed by atoms with van der Waals surface area (Å²) in [5.41, 5.74) is 1.01. The summed E-state index contributed by atoms with van der Waals surface area (Å²) in [7, 11) is 4.94. The van der Waals surface area contributed by atoms with Crippen LogP contribution in [0, 0.1) is 0 Å². The molecule has 1 aromatic rings. The van der Waals surface area contributed by atoms with Gasteiger partial charge in [0.25, 0.3) is 0 Å². The number of nitrogens with zero attached hydrogens (tertiary/aromatic N) is 1. The SMILES string of the molecule is COCCNCC(=O)N1CCCC1c1cc(OC)ccc1OC. The van der Waals surface area contributed by atoms with Gasteiger partial charge >= 0.3 is 0 Å². The summed E-state index contributed by atoms with van der Waals surface area (Å²) in [5.74, 6) is 1.68. The molecule has 0 bridgehead atoms. The van der Waals surface area contributed by atoms with Gasteiger partial charge in [0.15, 0.2) is 0 Å². The normalized spacial score (nSPS) is 17.3. The lowest BCUT2D eigenvalue weighted by molar-refractivity contribution is -0.131. The minimum Gasteiger partial charge on any atom is -0.497 e. The Bertz CT molecular complexity index is 521. The van der Waals surface area contributed by atoms with Crippen LogP contribution in [-0.4, -0.2) is 58.4 Å². The van der Waals surface area contributed by atoms with Crippen molar-refractivity contribution in [3.63, 3.8) is 0 Å². The minimum absolute atomic E-state index is 0.0387. The van der Waals surface area contributed by atoms with Gasteiger partial charge < -0.3 is 24.4 Å². The molecule has 1 atom stereocenters. The van der Waals surface area contributed by atoms with Crippen molar-refractivity contribution in [2.45, 2.75) is 18.9 Å². The number of likely N-dealkylation sites (tertiary alicyclic amines) is 1. The topological polar surface area (TPSA) is 60.0 Å². The predicted molar refractivity (Wildman–Crippen MR) is 88.0 cm³/mol. The van der Waals surface area contributed by atoms with E-state index in [2.05, 4.69) is 5.32 Å².